The van der Waals surface area contributed by atoms with Crippen LogP contribution in [0.5, 0.6) is 0 Å². The number of piperidine rings is 1. The molecule has 4 heteroatoms. The molecule has 0 bridgehead atoms. The average Bonchev–Trinajstić information content (AvgIpc) is 2.88. The molecule has 0 aromatic rings. The SMILES string of the molecule is CCCC(C)(CN1CCC(N2CCCCC2)C1)C(=O)O. The summed E-state index contributed by atoms with van der Waals surface area (Å²) in [6.45, 7) is 9.29. The molecule has 20 heavy (non-hydrogen) atoms. The van der Waals surface area contributed by atoms with Gasteiger partial charge in [0.15, 0.2) is 0 Å². The van der Waals surface area contributed by atoms with E-state index in [0.29, 0.717) is 12.6 Å². The van der Waals surface area contributed by atoms with Crippen molar-refractivity contribution in [1.29, 1.82) is 0 Å². The summed E-state index contributed by atoms with van der Waals surface area (Å²) in [6.07, 6.45) is 6.96. The Labute approximate surface area is 123 Å². The lowest BCUT2D eigenvalue weighted by atomic mass is 9.85. The van der Waals surface area contributed by atoms with Crippen LogP contribution < -0.4 is 0 Å². The Morgan fingerprint density at radius 3 is 2.55 bits per heavy atom. The van der Waals surface area contributed by atoms with Crippen molar-refractivity contribution in [2.75, 3.05) is 32.7 Å². The van der Waals surface area contributed by atoms with Crippen LogP contribution in [-0.4, -0.2) is 59.6 Å². The van der Waals surface area contributed by atoms with Gasteiger partial charge in [0.05, 0.1) is 5.41 Å². The topological polar surface area (TPSA) is 43.8 Å². The molecule has 0 aliphatic carbocycles. The molecule has 2 heterocycles. The normalized spacial score (nSPS) is 28.4. The van der Waals surface area contributed by atoms with Gasteiger partial charge in [-0.05, 0) is 52.2 Å². The smallest absolute Gasteiger partial charge is 0.310 e. The van der Waals surface area contributed by atoms with Gasteiger partial charge in [-0.3, -0.25) is 9.69 Å². The van der Waals surface area contributed by atoms with Gasteiger partial charge in [-0.1, -0.05) is 19.8 Å². The molecule has 0 saturated carbocycles. The van der Waals surface area contributed by atoms with Gasteiger partial charge < -0.3 is 10.0 Å². The summed E-state index contributed by atoms with van der Waals surface area (Å²) in [4.78, 5) is 16.5. The van der Waals surface area contributed by atoms with Gasteiger partial charge >= 0.3 is 5.97 Å². The van der Waals surface area contributed by atoms with Crippen molar-refractivity contribution in [1.82, 2.24) is 9.80 Å². The van der Waals surface area contributed by atoms with E-state index in [9.17, 15) is 9.90 Å². The van der Waals surface area contributed by atoms with Gasteiger partial charge in [-0.2, -0.15) is 0 Å². The highest BCUT2D eigenvalue weighted by atomic mass is 16.4. The van der Waals surface area contributed by atoms with E-state index in [2.05, 4.69) is 16.7 Å². The first-order valence-corrected chi connectivity index (χ1v) is 8.25. The third-order valence-electron chi connectivity index (χ3n) is 5.05. The third-order valence-corrected chi connectivity index (χ3v) is 5.05. The monoisotopic (exact) mass is 282 g/mol. The Balaban J connectivity index is 1.86. The molecule has 0 aromatic carbocycles. The van der Waals surface area contributed by atoms with Crippen LogP contribution in [0, 0.1) is 5.41 Å². The highest BCUT2D eigenvalue weighted by Crippen LogP contribution is 2.28. The molecule has 2 fully saturated rings. The fourth-order valence-electron chi connectivity index (χ4n) is 3.84. The van der Waals surface area contributed by atoms with E-state index >= 15 is 0 Å². The molecule has 2 atom stereocenters. The Hall–Kier alpha value is -0.610. The standard InChI is InChI=1S/C16H30N2O2/c1-3-8-16(2,15(19)20)13-17-11-7-14(12-17)18-9-5-4-6-10-18/h14H,3-13H2,1-2H3,(H,19,20). The number of hydrogen-bond donors (Lipinski definition) is 1. The van der Waals surface area contributed by atoms with Crippen LogP contribution in [-0.2, 0) is 4.79 Å². The molecule has 116 valence electrons. The molecule has 2 saturated heterocycles. The Bertz CT molecular complexity index is 328. The molecule has 0 radical (unpaired) electrons. The van der Waals surface area contributed by atoms with Crippen LogP contribution >= 0.6 is 0 Å². The van der Waals surface area contributed by atoms with Crippen LogP contribution in [0.25, 0.3) is 0 Å². The molecule has 0 amide bonds. The molecule has 4 nitrogen and oxygen atoms in total. The summed E-state index contributed by atoms with van der Waals surface area (Å²) in [5, 5.41) is 9.50. The highest BCUT2D eigenvalue weighted by Gasteiger charge is 2.37. The minimum atomic E-state index is -0.638. The lowest BCUT2D eigenvalue weighted by molar-refractivity contribution is -0.149. The Morgan fingerprint density at radius 2 is 1.95 bits per heavy atom. The number of carboxylic acids is 1. The lowest BCUT2D eigenvalue weighted by Gasteiger charge is -2.33. The third kappa shape index (κ3) is 3.73. The number of carbonyl (C=O) groups is 1. The minimum absolute atomic E-state index is 0.578. The van der Waals surface area contributed by atoms with E-state index < -0.39 is 11.4 Å². The molecule has 0 aromatic heterocycles. The van der Waals surface area contributed by atoms with Crippen LogP contribution in [0.2, 0.25) is 0 Å². The maximum atomic E-state index is 11.5. The summed E-state index contributed by atoms with van der Waals surface area (Å²) in [5.74, 6) is -0.638. The first-order valence-electron chi connectivity index (χ1n) is 8.25. The zero-order valence-electron chi connectivity index (χ0n) is 13.1. The van der Waals surface area contributed by atoms with Crippen LogP contribution in [0.15, 0.2) is 0 Å². The van der Waals surface area contributed by atoms with E-state index in [1.54, 1.807) is 0 Å². The second-order valence-electron chi connectivity index (χ2n) is 6.89. The predicted molar refractivity (Wildman–Crippen MR) is 80.9 cm³/mol. The van der Waals surface area contributed by atoms with E-state index in [-0.39, 0.29) is 0 Å². The zero-order chi connectivity index (χ0) is 14.6. The zero-order valence-corrected chi connectivity index (χ0v) is 13.1. The number of aliphatic carboxylic acids is 1. The van der Waals surface area contributed by atoms with E-state index in [1.165, 1.54) is 38.8 Å². The molecule has 2 aliphatic heterocycles. The number of nitrogens with zero attached hydrogens (tertiary/aromatic N) is 2. The fourth-order valence-corrected chi connectivity index (χ4v) is 3.84. The fraction of sp³-hybridized carbons (Fsp3) is 0.938. The molecule has 2 rings (SSSR count). The largest absolute Gasteiger partial charge is 0.481 e. The van der Waals surface area contributed by atoms with E-state index in [0.717, 1.165) is 25.9 Å². The maximum Gasteiger partial charge on any atom is 0.310 e. The van der Waals surface area contributed by atoms with Gasteiger partial charge in [0, 0.05) is 19.1 Å². The van der Waals surface area contributed by atoms with Crippen molar-refractivity contribution in [3.63, 3.8) is 0 Å². The Kier molecular flexibility index (Phi) is 5.44. The van der Waals surface area contributed by atoms with Gasteiger partial charge in [-0.25, -0.2) is 0 Å². The molecule has 2 aliphatic rings. The second kappa shape index (κ2) is 6.90. The van der Waals surface area contributed by atoms with Crippen LogP contribution in [0.1, 0.15) is 52.4 Å². The quantitative estimate of drug-likeness (QED) is 0.812. The van der Waals surface area contributed by atoms with Crippen LogP contribution in [0.4, 0.5) is 0 Å². The second-order valence-corrected chi connectivity index (χ2v) is 6.89. The molecule has 1 N–H and O–H groups in total. The average molecular weight is 282 g/mol. The summed E-state index contributed by atoms with van der Waals surface area (Å²) in [7, 11) is 0. The van der Waals surface area contributed by atoms with Crippen molar-refractivity contribution < 1.29 is 9.90 Å². The summed E-state index contributed by atoms with van der Waals surface area (Å²) in [6, 6.07) is 0.662. The highest BCUT2D eigenvalue weighted by molar-refractivity contribution is 5.74. The van der Waals surface area contributed by atoms with Crippen molar-refractivity contribution in [2.45, 2.75) is 58.4 Å². The number of carboxylic acid groups (broad SMARTS) is 1. The summed E-state index contributed by atoms with van der Waals surface area (Å²) >= 11 is 0. The van der Waals surface area contributed by atoms with Crippen molar-refractivity contribution in [3.05, 3.63) is 0 Å². The minimum Gasteiger partial charge on any atom is -0.481 e. The summed E-state index contributed by atoms with van der Waals surface area (Å²) < 4.78 is 0. The molecule has 2 unspecified atom stereocenters. The number of hydrogen-bond acceptors (Lipinski definition) is 3. The predicted octanol–water partition coefficient (Wildman–Crippen LogP) is 2.44. The first kappa shape index (κ1) is 15.8. The van der Waals surface area contributed by atoms with Gasteiger partial charge in [0.1, 0.15) is 0 Å². The van der Waals surface area contributed by atoms with Crippen molar-refractivity contribution >= 4 is 5.97 Å². The lowest BCUT2D eigenvalue weighted by Crippen LogP contribution is -2.44. The summed E-state index contributed by atoms with van der Waals surface area (Å²) in [5.41, 5.74) is -0.578. The Morgan fingerprint density at radius 1 is 1.25 bits per heavy atom. The van der Waals surface area contributed by atoms with Gasteiger partial charge in [-0.15, -0.1) is 0 Å². The molecule has 0 spiro atoms. The number of likely N-dealkylation sites (tertiary alicyclic amines) is 2. The molecular weight excluding hydrogens is 252 g/mol. The maximum absolute atomic E-state index is 11.5. The molecular formula is C16H30N2O2. The first-order chi connectivity index (χ1) is 9.55. The van der Waals surface area contributed by atoms with Crippen molar-refractivity contribution in [3.8, 4) is 0 Å². The van der Waals surface area contributed by atoms with Gasteiger partial charge in [0.2, 0.25) is 0 Å². The van der Waals surface area contributed by atoms with Crippen molar-refractivity contribution in [2.24, 2.45) is 5.41 Å². The van der Waals surface area contributed by atoms with E-state index in [1.807, 2.05) is 6.92 Å². The van der Waals surface area contributed by atoms with E-state index in [4.69, 9.17) is 0 Å². The van der Waals surface area contributed by atoms with Crippen LogP contribution in [0.3, 0.4) is 0 Å². The number of rotatable bonds is 6. The van der Waals surface area contributed by atoms with Gasteiger partial charge in [0.25, 0.3) is 0 Å².